The Morgan fingerprint density at radius 1 is 1.29 bits per heavy atom. The highest BCUT2D eigenvalue weighted by Gasteiger charge is 1.93. The first kappa shape index (κ1) is 13.1. The van der Waals surface area contributed by atoms with Gasteiger partial charge < -0.3 is 10.4 Å². The normalized spacial score (nSPS) is 11.3. The summed E-state index contributed by atoms with van der Waals surface area (Å²) in [4.78, 5) is 0. The second kappa shape index (κ2) is 7.54. The minimum atomic E-state index is 0.176. The number of nitrogens with one attached hydrogen (secondary N) is 1. The largest absolute Gasteiger partial charge is 0.395 e. The third-order valence-electron chi connectivity index (χ3n) is 1.52. The molecule has 0 fully saturated rings. The number of aliphatic hydroxyl groups excluding tert-OH is 1. The fraction of sp³-hybridized carbons (Fsp3) is 0.500. The second-order valence-corrected chi connectivity index (χ2v) is 3.69. The first-order valence-electron chi connectivity index (χ1n) is 4.89. The second-order valence-electron chi connectivity index (χ2n) is 3.69. The maximum atomic E-state index is 8.63. The summed E-state index contributed by atoms with van der Waals surface area (Å²) in [5, 5.41) is 11.8. The minimum Gasteiger partial charge on any atom is -0.395 e. The molecule has 0 saturated carbocycles. The van der Waals surface area contributed by atoms with Gasteiger partial charge in [0.25, 0.3) is 0 Å². The van der Waals surface area contributed by atoms with Gasteiger partial charge in [-0.15, -0.1) is 0 Å². The standard InChI is InChI=1S/C12H21NO/c1-10(2)7-12(8-11(3)4)9-13-5-6-14/h7-8,13-14H,1,5-6,9H2,2-4H3. The maximum Gasteiger partial charge on any atom is 0.0556 e. The van der Waals surface area contributed by atoms with E-state index < -0.39 is 0 Å². The molecule has 0 atom stereocenters. The molecule has 0 aliphatic carbocycles. The van der Waals surface area contributed by atoms with E-state index in [-0.39, 0.29) is 6.61 Å². The summed E-state index contributed by atoms with van der Waals surface area (Å²) in [6.45, 7) is 11.5. The summed E-state index contributed by atoms with van der Waals surface area (Å²) in [5.41, 5.74) is 3.51. The van der Waals surface area contributed by atoms with Gasteiger partial charge in [0.1, 0.15) is 0 Å². The number of aliphatic hydroxyl groups is 1. The van der Waals surface area contributed by atoms with Crippen molar-refractivity contribution in [3.05, 3.63) is 35.5 Å². The Morgan fingerprint density at radius 2 is 1.93 bits per heavy atom. The van der Waals surface area contributed by atoms with Crippen molar-refractivity contribution in [3.63, 3.8) is 0 Å². The van der Waals surface area contributed by atoms with Crippen molar-refractivity contribution in [2.24, 2.45) is 0 Å². The van der Waals surface area contributed by atoms with Crippen LogP contribution in [0.5, 0.6) is 0 Å². The van der Waals surface area contributed by atoms with Crippen LogP contribution >= 0.6 is 0 Å². The molecule has 0 radical (unpaired) electrons. The van der Waals surface area contributed by atoms with Gasteiger partial charge in [-0.25, -0.2) is 0 Å². The molecular formula is C12H21NO. The SMILES string of the molecule is C=C(C)C=C(C=C(C)C)CNCCO. The van der Waals surface area contributed by atoms with Crippen molar-refractivity contribution >= 4 is 0 Å². The van der Waals surface area contributed by atoms with Gasteiger partial charge in [0.05, 0.1) is 6.61 Å². The first-order valence-corrected chi connectivity index (χ1v) is 4.89. The van der Waals surface area contributed by atoms with E-state index in [1.165, 1.54) is 11.1 Å². The van der Waals surface area contributed by atoms with Crippen molar-refractivity contribution in [2.75, 3.05) is 19.7 Å². The quantitative estimate of drug-likeness (QED) is 0.502. The molecule has 0 heterocycles. The summed E-state index contributed by atoms with van der Waals surface area (Å²) in [5.74, 6) is 0. The number of allylic oxidation sites excluding steroid dienone is 3. The van der Waals surface area contributed by atoms with Crippen molar-refractivity contribution in [3.8, 4) is 0 Å². The van der Waals surface area contributed by atoms with E-state index in [9.17, 15) is 0 Å². The van der Waals surface area contributed by atoms with Crippen LogP contribution in [0.3, 0.4) is 0 Å². The van der Waals surface area contributed by atoms with Crippen LogP contribution < -0.4 is 5.32 Å². The molecule has 14 heavy (non-hydrogen) atoms. The van der Waals surface area contributed by atoms with Crippen LogP contribution in [0.1, 0.15) is 20.8 Å². The van der Waals surface area contributed by atoms with E-state index in [1.807, 2.05) is 6.92 Å². The van der Waals surface area contributed by atoms with Gasteiger partial charge in [-0.1, -0.05) is 29.9 Å². The molecule has 80 valence electrons. The smallest absolute Gasteiger partial charge is 0.0556 e. The Balaban J connectivity index is 4.27. The van der Waals surface area contributed by atoms with Crippen molar-refractivity contribution in [2.45, 2.75) is 20.8 Å². The Labute approximate surface area is 87.0 Å². The van der Waals surface area contributed by atoms with Crippen LogP contribution in [0.2, 0.25) is 0 Å². The zero-order valence-electron chi connectivity index (χ0n) is 9.43. The van der Waals surface area contributed by atoms with E-state index in [0.717, 1.165) is 12.1 Å². The van der Waals surface area contributed by atoms with Crippen LogP contribution in [-0.2, 0) is 0 Å². The highest BCUT2D eigenvalue weighted by molar-refractivity contribution is 5.30. The average molecular weight is 195 g/mol. The number of hydrogen-bond donors (Lipinski definition) is 2. The Kier molecular flexibility index (Phi) is 7.07. The van der Waals surface area contributed by atoms with E-state index in [0.29, 0.717) is 6.54 Å². The lowest BCUT2D eigenvalue weighted by molar-refractivity contribution is 0.294. The van der Waals surface area contributed by atoms with Crippen molar-refractivity contribution in [1.82, 2.24) is 5.32 Å². The minimum absolute atomic E-state index is 0.176. The van der Waals surface area contributed by atoms with Crippen molar-refractivity contribution < 1.29 is 5.11 Å². The molecule has 2 N–H and O–H groups in total. The highest BCUT2D eigenvalue weighted by Crippen LogP contribution is 2.04. The zero-order valence-corrected chi connectivity index (χ0v) is 9.43. The fourth-order valence-electron chi connectivity index (χ4n) is 1.14. The summed E-state index contributed by atoms with van der Waals surface area (Å²) < 4.78 is 0. The van der Waals surface area contributed by atoms with Crippen LogP contribution in [0.25, 0.3) is 0 Å². The van der Waals surface area contributed by atoms with Gasteiger partial charge >= 0.3 is 0 Å². The molecule has 0 aromatic rings. The summed E-state index contributed by atoms with van der Waals surface area (Å²) in [6, 6.07) is 0. The molecule has 0 amide bonds. The lowest BCUT2D eigenvalue weighted by Crippen LogP contribution is -2.20. The Bertz CT molecular complexity index is 235. The van der Waals surface area contributed by atoms with E-state index in [2.05, 4.69) is 37.9 Å². The average Bonchev–Trinajstić information content (AvgIpc) is 2.02. The lowest BCUT2D eigenvalue weighted by atomic mass is 10.1. The third kappa shape index (κ3) is 7.77. The van der Waals surface area contributed by atoms with Gasteiger partial charge in [0.2, 0.25) is 0 Å². The molecule has 0 rings (SSSR count). The monoisotopic (exact) mass is 195 g/mol. The van der Waals surface area contributed by atoms with Gasteiger partial charge in [-0.3, -0.25) is 0 Å². The molecule has 0 aliphatic heterocycles. The van der Waals surface area contributed by atoms with Gasteiger partial charge in [0.15, 0.2) is 0 Å². The molecule has 0 bridgehead atoms. The Hall–Kier alpha value is -0.860. The predicted octanol–water partition coefficient (Wildman–Crippen LogP) is 2.04. The van der Waals surface area contributed by atoms with Crippen LogP contribution in [0.15, 0.2) is 35.5 Å². The number of rotatable bonds is 6. The molecule has 0 unspecified atom stereocenters. The van der Waals surface area contributed by atoms with Crippen LogP contribution in [0.4, 0.5) is 0 Å². The molecule has 0 aromatic carbocycles. The topological polar surface area (TPSA) is 32.3 Å². The van der Waals surface area contributed by atoms with Gasteiger partial charge in [-0.2, -0.15) is 0 Å². The predicted molar refractivity (Wildman–Crippen MR) is 62.3 cm³/mol. The third-order valence-corrected chi connectivity index (χ3v) is 1.52. The van der Waals surface area contributed by atoms with E-state index in [1.54, 1.807) is 0 Å². The van der Waals surface area contributed by atoms with Crippen LogP contribution in [-0.4, -0.2) is 24.8 Å². The first-order chi connectivity index (χ1) is 6.56. The molecule has 2 heteroatoms. The molecule has 0 saturated heterocycles. The summed E-state index contributed by atoms with van der Waals surface area (Å²) in [6.07, 6.45) is 4.18. The Morgan fingerprint density at radius 3 is 2.36 bits per heavy atom. The van der Waals surface area contributed by atoms with E-state index in [4.69, 9.17) is 5.11 Å². The molecule has 0 aliphatic rings. The molecule has 0 spiro atoms. The number of hydrogen-bond acceptors (Lipinski definition) is 2. The zero-order chi connectivity index (χ0) is 11.0. The highest BCUT2D eigenvalue weighted by atomic mass is 16.3. The van der Waals surface area contributed by atoms with Gasteiger partial charge in [-0.05, 0) is 26.3 Å². The maximum absolute atomic E-state index is 8.63. The van der Waals surface area contributed by atoms with Crippen LogP contribution in [0, 0.1) is 0 Å². The molecular weight excluding hydrogens is 174 g/mol. The van der Waals surface area contributed by atoms with Gasteiger partial charge in [0, 0.05) is 13.1 Å². The fourth-order valence-corrected chi connectivity index (χ4v) is 1.14. The molecule has 0 aromatic heterocycles. The summed E-state index contributed by atoms with van der Waals surface area (Å²) >= 11 is 0. The molecule has 2 nitrogen and oxygen atoms in total. The van der Waals surface area contributed by atoms with E-state index >= 15 is 0 Å². The van der Waals surface area contributed by atoms with Crippen molar-refractivity contribution in [1.29, 1.82) is 0 Å². The summed E-state index contributed by atoms with van der Waals surface area (Å²) in [7, 11) is 0. The lowest BCUT2D eigenvalue weighted by Gasteiger charge is -2.05.